The normalized spacial score (nSPS) is 10.8. The summed E-state index contributed by atoms with van der Waals surface area (Å²) in [6, 6.07) is -0.350. The smallest absolute Gasteiger partial charge is 0.317 e. The van der Waals surface area contributed by atoms with Crippen molar-refractivity contribution in [1.29, 1.82) is 0 Å². The number of aliphatic carboxylic acids is 1. The molecule has 3 N–H and O–H groups in total. The average molecular weight is 287 g/mol. The summed E-state index contributed by atoms with van der Waals surface area (Å²) >= 11 is 0. The van der Waals surface area contributed by atoms with Crippen LogP contribution in [0.25, 0.3) is 0 Å². The Kier molecular flexibility index (Phi) is 7.64. The molecule has 20 heavy (non-hydrogen) atoms. The number of carbonyl (C=O) groups excluding carboxylic acids is 2. The molecule has 0 unspecified atom stereocenters. The highest BCUT2D eigenvalue weighted by Crippen LogP contribution is 1.99. The third-order valence-electron chi connectivity index (χ3n) is 2.41. The lowest BCUT2D eigenvalue weighted by Crippen LogP contribution is -2.44. The molecule has 7 heteroatoms. The van der Waals surface area contributed by atoms with Crippen molar-refractivity contribution in [1.82, 2.24) is 15.5 Å². The van der Waals surface area contributed by atoms with Crippen LogP contribution in [0.4, 0.5) is 4.79 Å². The van der Waals surface area contributed by atoms with Gasteiger partial charge in [0.25, 0.3) is 0 Å². The minimum absolute atomic E-state index is 0.0915. The molecule has 0 saturated carbocycles. The first-order valence-electron chi connectivity index (χ1n) is 6.71. The summed E-state index contributed by atoms with van der Waals surface area (Å²) in [5.41, 5.74) is -0.294. The molecule has 0 aliphatic heterocycles. The number of urea groups is 1. The molecule has 0 spiro atoms. The van der Waals surface area contributed by atoms with Crippen molar-refractivity contribution >= 4 is 17.9 Å². The zero-order valence-corrected chi connectivity index (χ0v) is 12.7. The summed E-state index contributed by atoms with van der Waals surface area (Å²) in [7, 11) is 0. The Morgan fingerprint density at radius 3 is 2.20 bits per heavy atom. The van der Waals surface area contributed by atoms with Crippen LogP contribution in [0.3, 0.4) is 0 Å². The number of amides is 3. The van der Waals surface area contributed by atoms with Crippen molar-refractivity contribution in [3.8, 4) is 0 Å². The van der Waals surface area contributed by atoms with E-state index in [0.29, 0.717) is 6.54 Å². The molecule has 0 atom stereocenters. The highest BCUT2D eigenvalue weighted by atomic mass is 16.4. The maximum Gasteiger partial charge on any atom is 0.317 e. The lowest BCUT2D eigenvalue weighted by Gasteiger charge is -2.22. The van der Waals surface area contributed by atoms with Crippen LogP contribution >= 0.6 is 0 Å². The van der Waals surface area contributed by atoms with E-state index in [1.165, 1.54) is 4.90 Å². The molecule has 0 aliphatic carbocycles. The fourth-order valence-corrected chi connectivity index (χ4v) is 1.51. The Morgan fingerprint density at radius 2 is 1.75 bits per heavy atom. The molecule has 3 amide bonds. The van der Waals surface area contributed by atoms with E-state index in [-0.39, 0.29) is 43.4 Å². The van der Waals surface area contributed by atoms with Crippen LogP contribution in [0.15, 0.2) is 0 Å². The number of carbonyl (C=O) groups is 3. The van der Waals surface area contributed by atoms with Gasteiger partial charge in [-0.3, -0.25) is 9.59 Å². The van der Waals surface area contributed by atoms with Gasteiger partial charge in [0, 0.05) is 31.6 Å². The summed E-state index contributed by atoms with van der Waals surface area (Å²) < 4.78 is 0. The van der Waals surface area contributed by atoms with Crippen LogP contribution in [0.2, 0.25) is 0 Å². The number of rotatable bonds is 7. The zero-order valence-electron chi connectivity index (χ0n) is 12.7. The predicted molar refractivity (Wildman–Crippen MR) is 75.4 cm³/mol. The van der Waals surface area contributed by atoms with Crippen LogP contribution < -0.4 is 10.6 Å². The van der Waals surface area contributed by atoms with E-state index in [0.717, 1.165) is 0 Å². The molecule has 0 bridgehead atoms. The number of hydrogen-bond donors (Lipinski definition) is 3. The SMILES string of the molecule is CCN(CCC(=O)O)C(=O)NCCC(=O)NC(C)(C)C. The molecular formula is C13H25N3O4. The number of carboxylic acids is 1. The molecule has 0 saturated heterocycles. The monoisotopic (exact) mass is 287 g/mol. The second kappa shape index (κ2) is 8.39. The van der Waals surface area contributed by atoms with Gasteiger partial charge < -0.3 is 20.6 Å². The molecule has 116 valence electrons. The molecular weight excluding hydrogens is 262 g/mol. The van der Waals surface area contributed by atoms with E-state index in [1.54, 1.807) is 6.92 Å². The van der Waals surface area contributed by atoms with Gasteiger partial charge >= 0.3 is 12.0 Å². The van der Waals surface area contributed by atoms with E-state index < -0.39 is 5.97 Å². The highest BCUT2D eigenvalue weighted by molar-refractivity contribution is 5.79. The summed E-state index contributed by atoms with van der Waals surface area (Å²) in [5.74, 6) is -1.08. The van der Waals surface area contributed by atoms with Crippen LogP contribution in [0.5, 0.6) is 0 Å². The average Bonchev–Trinajstić information content (AvgIpc) is 2.26. The van der Waals surface area contributed by atoms with Gasteiger partial charge in [0.1, 0.15) is 0 Å². The highest BCUT2D eigenvalue weighted by Gasteiger charge is 2.15. The molecule has 0 aromatic rings. The Hall–Kier alpha value is -1.79. The molecule has 0 aromatic heterocycles. The van der Waals surface area contributed by atoms with Crippen LogP contribution in [0.1, 0.15) is 40.5 Å². The van der Waals surface area contributed by atoms with E-state index in [2.05, 4.69) is 10.6 Å². The Labute approximate surface area is 119 Å². The molecule has 0 radical (unpaired) electrons. The first-order valence-corrected chi connectivity index (χ1v) is 6.71. The first kappa shape index (κ1) is 18.2. The fourth-order valence-electron chi connectivity index (χ4n) is 1.51. The third kappa shape index (κ3) is 9.18. The molecule has 7 nitrogen and oxygen atoms in total. The van der Waals surface area contributed by atoms with Crippen molar-refractivity contribution in [2.45, 2.75) is 46.1 Å². The molecule has 0 rings (SSSR count). The van der Waals surface area contributed by atoms with Crippen molar-refractivity contribution < 1.29 is 19.5 Å². The lowest BCUT2D eigenvalue weighted by molar-refractivity contribution is -0.137. The Balaban J connectivity index is 4.01. The number of nitrogens with one attached hydrogen (secondary N) is 2. The second-order valence-corrected chi connectivity index (χ2v) is 5.50. The second-order valence-electron chi connectivity index (χ2n) is 5.50. The molecule has 0 heterocycles. The summed E-state index contributed by atoms with van der Waals surface area (Å²) in [6.07, 6.45) is 0.102. The maximum absolute atomic E-state index is 11.7. The van der Waals surface area contributed by atoms with Gasteiger partial charge in [-0.15, -0.1) is 0 Å². The minimum Gasteiger partial charge on any atom is -0.481 e. The molecule has 0 aromatic carbocycles. The van der Waals surface area contributed by atoms with Crippen LogP contribution in [-0.4, -0.2) is 53.1 Å². The van der Waals surface area contributed by atoms with Crippen molar-refractivity contribution in [3.05, 3.63) is 0 Å². The maximum atomic E-state index is 11.7. The Morgan fingerprint density at radius 1 is 1.15 bits per heavy atom. The van der Waals surface area contributed by atoms with Gasteiger partial charge in [-0.25, -0.2) is 4.79 Å². The number of hydrogen-bond acceptors (Lipinski definition) is 3. The third-order valence-corrected chi connectivity index (χ3v) is 2.41. The van der Waals surface area contributed by atoms with E-state index in [1.807, 2.05) is 20.8 Å². The quantitative estimate of drug-likeness (QED) is 0.645. The van der Waals surface area contributed by atoms with E-state index in [4.69, 9.17) is 5.11 Å². The minimum atomic E-state index is -0.944. The van der Waals surface area contributed by atoms with Crippen molar-refractivity contribution in [3.63, 3.8) is 0 Å². The number of nitrogens with zero attached hydrogens (tertiary/aromatic N) is 1. The van der Waals surface area contributed by atoms with E-state index >= 15 is 0 Å². The topological polar surface area (TPSA) is 98.7 Å². The largest absolute Gasteiger partial charge is 0.481 e. The van der Waals surface area contributed by atoms with E-state index in [9.17, 15) is 14.4 Å². The fraction of sp³-hybridized carbons (Fsp3) is 0.769. The Bertz CT molecular complexity index is 350. The van der Waals surface area contributed by atoms with Gasteiger partial charge in [-0.05, 0) is 27.7 Å². The summed E-state index contributed by atoms with van der Waals surface area (Å²) in [4.78, 5) is 35.2. The predicted octanol–water partition coefficient (Wildman–Crippen LogP) is 0.797. The zero-order chi connectivity index (χ0) is 15.8. The summed E-state index contributed by atoms with van der Waals surface area (Å²) in [5, 5.41) is 14.0. The lowest BCUT2D eigenvalue weighted by atomic mass is 10.1. The van der Waals surface area contributed by atoms with Crippen molar-refractivity contribution in [2.75, 3.05) is 19.6 Å². The van der Waals surface area contributed by atoms with Gasteiger partial charge in [-0.1, -0.05) is 0 Å². The first-order chi connectivity index (χ1) is 9.15. The molecule has 0 fully saturated rings. The standard InChI is InChI=1S/C13H25N3O4/c1-5-16(9-7-11(18)19)12(20)14-8-6-10(17)15-13(2,3)4/h5-9H2,1-4H3,(H,14,20)(H,15,17)(H,18,19). The van der Waals surface area contributed by atoms with Gasteiger partial charge in [0.15, 0.2) is 0 Å². The summed E-state index contributed by atoms with van der Waals surface area (Å²) in [6.45, 7) is 8.23. The van der Waals surface area contributed by atoms with Crippen LogP contribution in [-0.2, 0) is 9.59 Å². The number of carboxylic acid groups (broad SMARTS) is 1. The van der Waals surface area contributed by atoms with Gasteiger partial charge in [0.2, 0.25) is 5.91 Å². The van der Waals surface area contributed by atoms with Crippen molar-refractivity contribution in [2.24, 2.45) is 0 Å². The van der Waals surface area contributed by atoms with Crippen LogP contribution in [0, 0.1) is 0 Å². The molecule has 0 aliphatic rings. The van der Waals surface area contributed by atoms with Gasteiger partial charge in [-0.2, -0.15) is 0 Å². The van der Waals surface area contributed by atoms with Gasteiger partial charge in [0.05, 0.1) is 6.42 Å².